The molecule has 0 aliphatic rings. The molecule has 5 heteroatoms. The molecule has 0 heterocycles. The average molecular weight is 248 g/mol. The van der Waals surface area contributed by atoms with Crippen molar-refractivity contribution < 1.29 is 22.4 Å². The lowest BCUT2D eigenvalue weighted by atomic mass is 9.86. The normalized spacial score (nSPS) is 12.6. The van der Waals surface area contributed by atoms with E-state index in [1.807, 2.05) is 0 Å². The first-order valence-electron chi connectivity index (χ1n) is 4.95. The van der Waals surface area contributed by atoms with Gasteiger partial charge in [-0.05, 0) is 18.2 Å². The van der Waals surface area contributed by atoms with Gasteiger partial charge in [0.05, 0.1) is 11.1 Å². The van der Waals surface area contributed by atoms with E-state index in [4.69, 9.17) is 0 Å². The first-order chi connectivity index (χ1) is 7.53. The molecule has 0 amide bonds. The third-order valence-corrected chi connectivity index (χ3v) is 2.22. The molecule has 0 unspecified atom stereocenters. The van der Waals surface area contributed by atoms with Crippen molar-refractivity contribution in [3.63, 3.8) is 0 Å². The maximum atomic E-state index is 13.4. The van der Waals surface area contributed by atoms with Crippen LogP contribution >= 0.6 is 0 Å². The van der Waals surface area contributed by atoms with Crippen LogP contribution in [-0.2, 0) is 6.18 Å². The van der Waals surface area contributed by atoms with E-state index >= 15 is 0 Å². The van der Waals surface area contributed by atoms with E-state index in [1.54, 1.807) is 0 Å². The standard InChI is InChI=1S/C12H12F4O/c1-11(2,3)10(17)8-6-7(12(14,15)16)4-5-9(8)13/h4-6H,1-3H3. The molecule has 0 aliphatic carbocycles. The van der Waals surface area contributed by atoms with Crippen molar-refractivity contribution in [3.8, 4) is 0 Å². The number of carbonyl (C=O) groups excluding carboxylic acids is 1. The summed E-state index contributed by atoms with van der Waals surface area (Å²) in [6.45, 7) is 4.57. The number of hydrogen-bond acceptors (Lipinski definition) is 1. The number of benzene rings is 1. The lowest BCUT2D eigenvalue weighted by Gasteiger charge is -2.18. The van der Waals surface area contributed by atoms with Crippen molar-refractivity contribution in [3.05, 3.63) is 35.1 Å². The minimum Gasteiger partial charge on any atom is -0.293 e. The van der Waals surface area contributed by atoms with Gasteiger partial charge in [0.1, 0.15) is 5.82 Å². The number of alkyl halides is 3. The number of hydrogen-bond donors (Lipinski definition) is 0. The van der Waals surface area contributed by atoms with Crippen LogP contribution in [0.2, 0.25) is 0 Å². The summed E-state index contributed by atoms with van der Waals surface area (Å²) in [6.07, 6.45) is -4.58. The maximum absolute atomic E-state index is 13.4. The summed E-state index contributed by atoms with van der Waals surface area (Å²) in [7, 11) is 0. The Kier molecular flexibility index (Phi) is 3.32. The molecule has 1 aromatic rings. The van der Waals surface area contributed by atoms with Gasteiger partial charge in [-0.1, -0.05) is 20.8 Å². The van der Waals surface area contributed by atoms with Gasteiger partial charge in [-0.2, -0.15) is 13.2 Å². The molecule has 1 rings (SSSR count). The summed E-state index contributed by atoms with van der Waals surface area (Å²) < 4.78 is 50.6. The Morgan fingerprint density at radius 3 is 2.06 bits per heavy atom. The van der Waals surface area contributed by atoms with Crippen LogP contribution in [0.4, 0.5) is 17.6 Å². The lowest BCUT2D eigenvalue weighted by Crippen LogP contribution is -2.22. The SMILES string of the molecule is CC(C)(C)C(=O)c1cc(C(F)(F)F)ccc1F. The van der Waals surface area contributed by atoms with Gasteiger partial charge in [0.2, 0.25) is 0 Å². The van der Waals surface area contributed by atoms with Gasteiger partial charge in [0, 0.05) is 5.41 Å². The minimum atomic E-state index is -4.58. The molecule has 0 radical (unpaired) electrons. The fraction of sp³-hybridized carbons (Fsp3) is 0.417. The predicted molar refractivity (Wildman–Crippen MR) is 55.2 cm³/mol. The maximum Gasteiger partial charge on any atom is 0.416 e. The lowest BCUT2D eigenvalue weighted by molar-refractivity contribution is -0.137. The highest BCUT2D eigenvalue weighted by molar-refractivity contribution is 6.00. The third-order valence-electron chi connectivity index (χ3n) is 2.22. The molecule has 0 saturated heterocycles. The molecule has 0 atom stereocenters. The fourth-order valence-electron chi connectivity index (χ4n) is 1.28. The Morgan fingerprint density at radius 1 is 1.12 bits per heavy atom. The Labute approximate surface area is 96.4 Å². The van der Waals surface area contributed by atoms with Gasteiger partial charge in [-0.3, -0.25) is 4.79 Å². The van der Waals surface area contributed by atoms with E-state index in [2.05, 4.69) is 0 Å². The summed E-state index contributed by atoms with van der Waals surface area (Å²) in [5, 5.41) is 0. The summed E-state index contributed by atoms with van der Waals surface area (Å²) in [5.41, 5.74) is -2.47. The highest BCUT2D eigenvalue weighted by Gasteiger charge is 2.33. The smallest absolute Gasteiger partial charge is 0.293 e. The highest BCUT2D eigenvalue weighted by atomic mass is 19.4. The largest absolute Gasteiger partial charge is 0.416 e. The molecular formula is C12H12F4O. The number of carbonyl (C=O) groups is 1. The fourth-order valence-corrected chi connectivity index (χ4v) is 1.28. The summed E-state index contributed by atoms with van der Waals surface area (Å²) in [4.78, 5) is 11.8. The Morgan fingerprint density at radius 2 is 1.65 bits per heavy atom. The second kappa shape index (κ2) is 4.13. The Hall–Kier alpha value is -1.39. The molecule has 1 aromatic carbocycles. The van der Waals surface area contributed by atoms with Crippen LogP contribution in [0, 0.1) is 11.2 Å². The molecule has 94 valence electrons. The van der Waals surface area contributed by atoms with Crippen molar-refractivity contribution in [2.45, 2.75) is 26.9 Å². The van der Waals surface area contributed by atoms with Crippen molar-refractivity contribution in [1.29, 1.82) is 0 Å². The second-order valence-corrected chi connectivity index (χ2v) is 4.77. The minimum absolute atomic E-state index is 0.521. The van der Waals surface area contributed by atoms with Crippen LogP contribution < -0.4 is 0 Å². The van der Waals surface area contributed by atoms with Gasteiger partial charge in [0.25, 0.3) is 0 Å². The zero-order chi connectivity index (χ0) is 13.4. The van der Waals surface area contributed by atoms with Crippen LogP contribution in [0.5, 0.6) is 0 Å². The first-order valence-corrected chi connectivity index (χ1v) is 4.95. The van der Waals surface area contributed by atoms with Gasteiger partial charge < -0.3 is 0 Å². The van der Waals surface area contributed by atoms with Crippen LogP contribution in [-0.4, -0.2) is 5.78 Å². The number of ketones is 1. The summed E-state index contributed by atoms with van der Waals surface area (Å²) in [5.74, 6) is -1.58. The molecular weight excluding hydrogens is 236 g/mol. The van der Waals surface area contributed by atoms with E-state index in [0.29, 0.717) is 18.2 Å². The molecule has 0 aliphatic heterocycles. The molecule has 17 heavy (non-hydrogen) atoms. The quantitative estimate of drug-likeness (QED) is 0.540. The van der Waals surface area contributed by atoms with E-state index in [-0.39, 0.29) is 0 Å². The predicted octanol–water partition coefficient (Wildman–Crippen LogP) is 4.07. The highest BCUT2D eigenvalue weighted by Crippen LogP contribution is 2.32. The van der Waals surface area contributed by atoms with E-state index in [9.17, 15) is 22.4 Å². The molecule has 0 saturated carbocycles. The zero-order valence-electron chi connectivity index (χ0n) is 9.65. The van der Waals surface area contributed by atoms with Gasteiger partial charge in [0.15, 0.2) is 5.78 Å². The first kappa shape index (κ1) is 13.7. The van der Waals surface area contributed by atoms with Crippen LogP contribution in [0.1, 0.15) is 36.7 Å². The Bertz CT molecular complexity index is 441. The van der Waals surface area contributed by atoms with Crippen molar-refractivity contribution >= 4 is 5.78 Å². The van der Waals surface area contributed by atoms with Crippen molar-refractivity contribution in [2.24, 2.45) is 5.41 Å². The van der Waals surface area contributed by atoms with Crippen LogP contribution in [0.3, 0.4) is 0 Å². The van der Waals surface area contributed by atoms with Crippen LogP contribution in [0.15, 0.2) is 18.2 Å². The van der Waals surface area contributed by atoms with Gasteiger partial charge >= 0.3 is 6.18 Å². The number of rotatable bonds is 1. The number of Topliss-reactive ketones (excluding diaryl/α,β-unsaturated/α-hetero) is 1. The molecule has 0 fully saturated rings. The van der Waals surface area contributed by atoms with Gasteiger partial charge in [-0.15, -0.1) is 0 Å². The van der Waals surface area contributed by atoms with E-state index in [0.717, 1.165) is 0 Å². The third kappa shape index (κ3) is 3.05. The monoisotopic (exact) mass is 248 g/mol. The zero-order valence-corrected chi connectivity index (χ0v) is 9.65. The molecule has 0 spiro atoms. The second-order valence-electron chi connectivity index (χ2n) is 4.77. The van der Waals surface area contributed by atoms with E-state index < -0.39 is 34.3 Å². The molecule has 0 aromatic heterocycles. The van der Waals surface area contributed by atoms with Crippen molar-refractivity contribution in [1.82, 2.24) is 0 Å². The summed E-state index contributed by atoms with van der Waals surface area (Å²) in [6, 6.07) is 1.85. The van der Waals surface area contributed by atoms with Crippen molar-refractivity contribution in [2.75, 3.05) is 0 Å². The Balaban J connectivity index is 3.30. The average Bonchev–Trinajstić information content (AvgIpc) is 2.14. The molecule has 0 N–H and O–H groups in total. The summed E-state index contributed by atoms with van der Waals surface area (Å²) >= 11 is 0. The topological polar surface area (TPSA) is 17.1 Å². The van der Waals surface area contributed by atoms with Crippen LogP contribution in [0.25, 0.3) is 0 Å². The molecule has 0 bridgehead atoms. The molecule has 1 nitrogen and oxygen atoms in total. The number of halogens is 4. The van der Waals surface area contributed by atoms with Gasteiger partial charge in [-0.25, -0.2) is 4.39 Å². The van der Waals surface area contributed by atoms with E-state index in [1.165, 1.54) is 20.8 Å².